The Kier molecular flexibility index (Phi) is 7.58. The largest absolute Gasteiger partial charge is 0.496 e. The Morgan fingerprint density at radius 1 is 0.833 bits per heavy atom. The lowest BCUT2D eigenvalue weighted by atomic mass is 9.91. The predicted octanol–water partition coefficient (Wildman–Crippen LogP) is 4.23. The molecule has 0 aliphatic rings. The molecule has 0 spiro atoms. The highest BCUT2D eigenvalue weighted by Gasteiger charge is 2.29. The van der Waals surface area contributed by atoms with E-state index in [1.54, 1.807) is 31.4 Å². The number of allylic oxidation sites excluding steroid dienone is 1. The third kappa shape index (κ3) is 4.45. The molecule has 30 heavy (non-hydrogen) atoms. The molecule has 0 aliphatic carbocycles. The van der Waals surface area contributed by atoms with Gasteiger partial charge in [-0.25, -0.2) is 0 Å². The van der Waals surface area contributed by atoms with Crippen LogP contribution in [0.25, 0.3) is 6.08 Å². The fraction of sp³-hybridized carbons (Fsp3) is 0.348. The van der Waals surface area contributed by atoms with E-state index in [0.29, 0.717) is 34.3 Å². The lowest BCUT2D eigenvalue weighted by Gasteiger charge is -2.20. The SMILES string of the molecule is COc1ccc(C=C(C(=O)c2c(OC)cc(OC)c(OC)c2OC)C(C)C)cc1N. The highest BCUT2D eigenvalue weighted by Crippen LogP contribution is 2.46. The molecule has 2 N–H and O–H groups in total. The van der Waals surface area contributed by atoms with Gasteiger partial charge in [-0.15, -0.1) is 0 Å². The van der Waals surface area contributed by atoms with E-state index >= 15 is 0 Å². The van der Waals surface area contributed by atoms with Gasteiger partial charge in [0.2, 0.25) is 5.75 Å². The van der Waals surface area contributed by atoms with Gasteiger partial charge in [-0.3, -0.25) is 4.79 Å². The summed E-state index contributed by atoms with van der Waals surface area (Å²) in [5.41, 5.74) is 8.11. The maximum absolute atomic E-state index is 13.6. The van der Waals surface area contributed by atoms with E-state index in [-0.39, 0.29) is 23.0 Å². The van der Waals surface area contributed by atoms with Crippen molar-refractivity contribution >= 4 is 17.5 Å². The molecule has 2 aromatic carbocycles. The van der Waals surface area contributed by atoms with E-state index in [1.165, 1.54) is 28.4 Å². The second-order valence-corrected chi connectivity index (χ2v) is 6.81. The van der Waals surface area contributed by atoms with Crippen molar-refractivity contribution < 1.29 is 28.5 Å². The summed E-state index contributed by atoms with van der Waals surface area (Å²) in [6.45, 7) is 3.88. The lowest BCUT2D eigenvalue weighted by Crippen LogP contribution is -2.13. The van der Waals surface area contributed by atoms with Crippen molar-refractivity contribution in [1.29, 1.82) is 0 Å². The van der Waals surface area contributed by atoms with Gasteiger partial charge < -0.3 is 29.4 Å². The molecule has 2 aromatic rings. The summed E-state index contributed by atoms with van der Waals surface area (Å²) in [5.74, 6) is 1.56. The number of carbonyl (C=O) groups is 1. The summed E-state index contributed by atoms with van der Waals surface area (Å²) >= 11 is 0. The maximum atomic E-state index is 13.6. The van der Waals surface area contributed by atoms with Gasteiger partial charge in [-0.05, 0) is 29.7 Å². The molecule has 0 radical (unpaired) electrons. The molecule has 162 valence electrons. The number of hydrogen-bond acceptors (Lipinski definition) is 7. The maximum Gasteiger partial charge on any atom is 0.204 e. The standard InChI is InChI=1S/C23H29NO6/c1-13(2)15(10-14-8-9-17(26-3)16(24)11-14)21(25)20-18(27-4)12-19(28-5)22(29-6)23(20)30-7/h8-13H,24H2,1-7H3. The van der Waals surface area contributed by atoms with Gasteiger partial charge in [0.15, 0.2) is 17.3 Å². The number of rotatable bonds is 9. The van der Waals surface area contributed by atoms with Crippen LogP contribution < -0.4 is 29.4 Å². The average Bonchev–Trinajstić information content (AvgIpc) is 2.75. The third-order valence-electron chi connectivity index (χ3n) is 4.70. The number of hydrogen-bond donors (Lipinski definition) is 1. The summed E-state index contributed by atoms with van der Waals surface area (Å²) in [6.07, 6.45) is 1.80. The molecule has 2 rings (SSSR count). The summed E-state index contributed by atoms with van der Waals surface area (Å²) in [5, 5.41) is 0. The van der Waals surface area contributed by atoms with Gasteiger partial charge in [0.25, 0.3) is 0 Å². The van der Waals surface area contributed by atoms with Gasteiger partial charge >= 0.3 is 0 Å². The van der Waals surface area contributed by atoms with Crippen LogP contribution in [-0.4, -0.2) is 41.3 Å². The van der Waals surface area contributed by atoms with E-state index in [1.807, 2.05) is 19.9 Å². The fourth-order valence-electron chi connectivity index (χ4n) is 3.17. The number of nitrogen functional groups attached to an aromatic ring is 1. The Labute approximate surface area is 177 Å². The van der Waals surface area contributed by atoms with Crippen LogP contribution in [0.15, 0.2) is 29.8 Å². The minimum absolute atomic E-state index is 0.0802. The van der Waals surface area contributed by atoms with Crippen LogP contribution in [-0.2, 0) is 0 Å². The minimum Gasteiger partial charge on any atom is -0.496 e. The zero-order chi connectivity index (χ0) is 22.4. The quantitative estimate of drug-likeness (QED) is 0.372. The number of Topliss-reactive ketones (excluding diaryl/α,β-unsaturated/α-hetero) is 1. The van der Waals surface area contributed by atoms with Crippen LogP contribution in [0.3, 0.4) is 0 Å². The van der Waals surface area contributed by atoms with Gasteiger partial charge in [0.05, 0.1) is 41.2 Å². The van der Waals surface area contributed by atoms with Crippen molar-refractivity contribution in [2.75, 3.05) is 41.3 Å². The van der Waals surface area contributed by atoms with Crippen molar-refractivity contribution in [2.24, 2.45) is 5.92 Å². The molecule has 0 heterocycles. The summed E-state index contributed by atoms with van der Waals surface area (Å²) < 4.78 is 27.0. The van der Waals surface area contributed by atoms with E-state index in [0.717, 1.165) is 5.56 Å². The monoisotopic (exact) mass is 415 g/mol. The molecule has 0 unspecified atom stereocenters. The van der Waals surface area contributed by atoms with E-state index in [9.17, 15) is 4.79 Å². The minimum atomic E-state index is -0.242. The Morgan fingerprint density at radius 2 is 1.43 bits per heavy atom. The zero-order valence-electron chi connectivity index (χ0n) is 18.5. The first kappa shape index (κ1) is 22.9. The van der Waals surface area contributed by atoms with Crippen molar-refractivity contribution in [3.63, 3.8) is 0 Å². The molecule has 7 heteroatoms. The van der Waals surface area contributed by atoms with Crippen molar-refractivity contribution in [3.05, 3.63) is 41.0 Å². The van der Waals surface area contributed by atoms with Crippen LogP contribution in [0.2, 0.25) is 0 Å². The number of anilines is 1. The molecule has 0 fully saturated rings. The molecule has 7 nitrogen and oxygen atoms in total. The molecule has 0 atom stereocenters. The van der Waals surface area contributed by atoms with Crippen LogP contribution >= 0.6 is 0 Å². The fourth-order valence-corrected chi connectivity index (χ4v) is 3.17. The van der Waals surface area contributed by atoms with Crippen molar-refractivity contribution in [1.82, 2.24) is 0 Å². The highest BCUT2D eigenvalue weighted by atomic mass is 16.5. The molecule has 0 saturated heterocycles. The molecule has 0 amide bonds. The Morgan fingerprint density at radius 3 is 1.90 bits per heavy atom. The molecular weight excluding hydrogens is 386 g/mol. The van der Waals surface area contributed by atoms with Crippen LogP contribution in [0.1, 0.15) is 29.8 Å². The summed E-state index contributed by atoms with van der Waals surface area (Å²) in [4.78, 5) is 13.6. The normalized spacial score (nSPS) is 11.3. The third-order valence-corrected chi connectivity index (χ3v) is 4.70. The molecule has 0 saturated carbocycles. The number of methoxy groups -OCH3 is 5. The number of nitrogens with two attached hydrogens (primary N) is 1. The highest BCUT2D eigenvalue weighted by molar-refractivity contribution is 6.15. The van der Waals surface area contributed by atoms with Gasteiger partial charge in [0.1, 0.15) is 17.1 Å². The Bertz CT molecular complexity index is 949. The lowest BCUT2D eigenvalue weighted by molar-refractivity contribution is 0.102. The summed E-state index contributed by atoms with van der Waals surface area (Å²) in [7, 11) is 7.50. The van der Waals surface area contributed by atoms with Crippen LogP contribution in [0.5, 0.6) is 28.7 Å². The number of ether oxygens (including phenoxy) is 5. The Hall–Kier alpha value is -3.35. The molecule has 0 bridgehead atoms. The topological polar surface area (TPSA) is 89.2 Å². The van der Waals surface area contributed by atoms with E-state index in [2.05, 4.69) is 0 Å². The molecule has 0 aromatic heterocycles. The number of carbonyl (C=O) groups excluding carboxylic acids is 1. The Balaban J connectivity index is 2.69. The molecular formula is C23H29NO6. The van der Waals surface area contributed by atoms with Gasteiger partial charge in [-0.2, -0.15) is 0 Å². The first-order valence-electron chi connectivity index (χ1n) is 9.39. The van der Waals surface area contributed by atoms with E-state index in [4.69, 9.17) is 29.4 Å². The number of benzene rings is 2. The van der Waals surface area contributed by atoms with Crippen molar-refractivity contribution in [2.45, 2.75) is 13.8 Å². The average molecular weight is 415 g/mol. The van der Waals surface area contributed by atoms with Crippen LogP contribution in [0.4, 0.5) is 5.69 Å². The second kappa shape index (κ2) is 9.91. The molecule has 0 aliphatic heterocycles. The second-order valence-electron chi connectivity index (χ2n) is 6.81. The predicted molar refractivity (Wildman–Crippen MR) is 117 cm³/mol. The van der Waals surface area contributed by atoms with Crippen molar-refractivity contribution in [3.8, 4) is 28.7 Å². The number of ketones is 1. The van der Waals surface area contributed by atoms with Gasteiger partial charge in [0, 0.05) is 11.6 Å². The smallest absolute Gasteiger partial charge is 0.204 e. The zero-order valence-corrected chi connectivity index (χ0v) is 18.5. The van der Waals surface area contributed by atoms with E-state index < -0.39 is 0 Å². The van der Waals surface area contributed by atoms with Crippen LogP contribution in [0, 0.1) is 5.92 Å². The van der Waals surface area contributed by atoms with Gasteiger partial charge in [-0.1, -0.05) is 19.9 Å². The summed E-state index contributed by atoms with van der Waals surface area (Å²) in [6, 6.07) is 6.98. The first-order valence-corrected chi connectivity index (χ1v) is 9.39. The first-order chi connectivity index (χ1) is 14.3.